The molecular weight excluding hydrogens is 314 g/mol. The van der Waals surface area contributed by atoms with Gasteiger partial charge in [0.2, 0.25) is 11.8 Å². The number of nitrogens with one attached hydrogen (secondary N) is 2. The van der Waals surface area contributed by atoms with Gasteiger partial charge in [0.25, 0.3) is 0 Å². The van der Waals surface area contributed by atoms with Crippen LogP contribution in [0.4, 0.5) is 20.2 Å². The van der Waals surface area contributed by atoms with Gasteiger partial charge in [-0.15, -0.1) is 0 Å². The molecule has 2 aromatic carbocycles. The van der Waals surface area contributed by atoms with Gasteiger partial charge < -0.3 is 10.6 Å². The minimum atomic E-state index is -0.902. The lowest BCUT2D eigenvalue weighted by atomic mass is 10.1. The fourth-order valence-electron chi connectivity index (χ4n) is 2.16. The van der Waals surface area contributed by atoms with Crippen molar-refractivity contribution in [2.24, 2.45) is 0 Å². The van der Waals surface area contributed by atoms with Crippen molar-refractivity contribution in [3.05, 3.63) is 59.2 Å². The third kappa shape index (κ3) is 4.87. The fraction of sp³-hybridized carbons (Fsp3) is 0.222. The van der Waals surface area contributed by atoms with Crippen LogP contribution in [0, 0.1) is 18.6 Å². The Bertz CT molecular complexity index is 758. The molecule has 0 aliphatic carbocycles. The second kappa shape index (κ2) is 7.68. The van der Waals surface area contributed by atoms with Crippen LogP contribution < -0.4 is 10.6 Å². The zero-order valence-electron chi connectivity index (χ0n) is 13.5. The third-order valence-corrected chi connectivity index (χ3v) is 3.40. The zero-order valence-corrected chi connectivity index (χ0v) is 13.5. The van der Waals surface area contributed by atoms with E-state index >= 15 is 0 Å². The maximum absolute atomic E-state index is 13.8. The highest BCUT2D eigenvalue weighted by molar-refractivity contribution is 5.93. The summed E-state index contributed by atoms with van der Waals surface area (Å²) in [6, 6.07) is 9.45. The van der Waals surface area contributed by atoms with Crippen LogP contribution in [-0.4, -0.2) is 11.8 Å². The Balaban J connectivity index is 2.02. The average Bonchev–Trinajstić information content (AvgIpc) is 2.51. The van der Waals surface area contributed by atoms with Gasteiger partial charge in [0.05, 0.1) is 11.4 Å². The molecule has 2 rings (SSSR count). The summed E-state index contributed by atoms with van der Waals surface area (Å²) >= 11 is 0. The molecule has 0 aliphatic rings. The molecule has 0 aliphatic heterocycles. The molecule has 0 bridgehead atoms. The number of anilines is 2. The predicted molar refractivity (Wildman–Crippen MR) is 88.8 cm³/mol. The van der Waals surface area contributed by atoms with Crippen molar-refractivity contribution < 1.29 is 18.4 Å². The van der Waals surface area contributed by atoms with Crippen LogP contribution in [0.1, 0.15) is 24.5 Å². The van der Waals surface area contributed by atoms with Crippen molar-refractivity contribution in [2.45, 2.75) is 26.7 Å². The van der Waals surface area contributed by atoms with Crippen molar-refractivity contribution in [3.63, 3.8) is 0 Å². The third-order valence-electron chi connectivity index (χ3n) is 3.40. The largest absolute Gasteiger partial charge is 0.324 e. The van der Waals surface area contributed by atoms with Crippen molar-refractivity contribution in [2.75, 3.05) is 10.6 Å². The first kappa shape index (κ1) is 17.6. The zero-order chi connectivity index (χ0) is 17.7. The molecular formula is C18H18F2N2O2. The van der Waals surface area contributed by atoms with Crippen molar-refractivity contribution in [3.8, 4) is 0 Å². The van der Waals surface area contributed by atoms with Gasteiger partial charge in [0.15, 0.2) is 0 Å². The number of halogens is 2. The van der Waals surface area contributed by atoms with Crippen LogP contribution in [0.25, 0.3) is 0 Å². The molecule has 0 unspecified atom stereocenters. The first-order valence-electron chi connectivity index (χ1n) is 7.47. The van der Waals surface area contributed by atoms with E-state index in [0.717, 1.165) is 17.2 Å². The number of carbonyl (C=O) groups excluding carboxylic acids is 2. The Morgan fingerprint density at radius 1 is 0.958 bits per heavy atom. The van der Waals surface area contributed by atoms with Crippen LogP contribution in [0.15, 0.2) is 36.4 Å². The molecule has 0 spiro atoms. The molecule has 0 heterocycles. The Morgan fingerprint density at radius 3 is 2.12 bits per heavy atom. The summed E-state index contributed by atoms with van der Waals surface area (Å²) in [5.41, 5.74) is 1.77. The minimum absolute atomic E-state index is 0.162. The summed E-state index contributed by atoms with van der Waals surface area (Å²) in [7, 11) is 0. The smallest absolute Gasteiger partial charge is 0.224 e. The van der Waals surface area contributed by atoms with E-state index in [1.807, 2.05) is 31.2 Å². The van der Waals surface area contributed by atoms with Crippen molar-refractivity contribution in [1.82, 2.24) is 0 Å². The Labute approximate surface area is 138 Å². The van der Waals surface area contributed by atoms with Gasteiger partial charge >= 0.3 is 0 Å². The summed E-state index contributed by atoms with van der Waals surface area (Å²) < 4.78 is 27.3. The van der Waals surface area contributed by atoms with Crippen LogP contribution in [0.5, 0.6) is 0 Å². The van der Waals surface area contributed by atoms with Gasteiger partial charge in [-0.25, -0.2) is 8.78 Å². The van der Waals surface area contributed by atoms with E-state index in [9.17, 15) is 18.4 Å². The molecule has 2 aromatic rings. The Hall–Kier alpha value is -2.76. The monoisotopic (exact) mass is 332 g/mol. The van der Waals surface area contributed by atoms with E-state index in [1.165, 1.54) is 6.92 Å². The normalized spacial score (nSPS) is 10.3. The number of amides is 2. The second-order valence-corrected chi connectivity index (χ2v) is 5.53. The molecule has 0 atom stereocenters. The maximum atomic E-state index is 13.8. The predicted octanol–water partition coefficient (Wildman–Crippen LogP) is 3.80. The molecule has 4 nitrogen and oxygen atoms in total. The molecule has 6 heteroatoms. The van der Waals surface area contributed by atoms with E-state index in [2.05, 4.69) is 10.6 Å². The molecule has 0 saturated heterocycles. The number of aryl methyl sites for hydroxylation is 2. The highest BCUT2D eigenvalue weighted by atomic mass is 19.1. The van der Waals surface area contributed by atoms with Gasteiger partial charge in [-0.3, -0.25) is 9.59 Å². The molecule has 0 radical (unpaired) electrons. The van der Waals surface area contributed by atoms with Gasteiger partial charge in [-0.2, -0.15) is 0 Å². The van der Waals surface area contributed by atoms with Crippen LogP contribution in [0.2, 0.25) is 0 Å². The standard InChI is InChI=1S/C18H18F2N2O2/c1-11-3-5-13(6-4-11)7-8-18(24)22-17-10-16(21-12(2)23)14(19)9-15(17)20/h3-6,9-10H,7-8H2,1-2H3,(H,21,23)(H,22,24). The van der Waals surface area contributed by atoms with E-state index in [1.54, 1.807) is 0 Å². The fourth-order valence-corrected chi connectivity index (χ4v) is 2.16. The Kier molecular flexibility index (Phi) is 5.63. The quantitative estimate of drug-likeness (QED) is 0.875. The summed E-state index contributed by atoms with van der Waals surface area (Å²) in [6.45, 7) is 3.18. The van der Waals surface area contributed by atoms with Gasteiger partial charge in [0.1, 0.15) is 11.6 Å². The van der Waals surface area contributed by atoms with Crippen molar-refractivity contribution >= 4 is 23.2 Å². The topological polar surface area (TPSA) is 58.2 Å². The van der Waals surface area contributed by atoms with E-state index < -0.39 is 23.4 Å². The maximum Gasteiger partial charge on any atom is 0.224 e. The van der Waals surface area contributed by atoms with Crippen LogP contribution >= 0.6 is 0 Å². The first-order valence-corrected chi connectivity index (χ1v) is 7.47. The molecule has 2 N–H and O–H groups in total. The van der Waals surface area contributed by atoms with E-state index in [-0.39, 0.29) is 17.8 Å². The molecule has 0 aromatic heterocycles. The van der Waals surface area contributed by atoms with Crippen molar-refractivity contribution in [1.29, 1.82) is 0 Å². The minimum Gasteiger partial charge on any atom is -0.324 e. The Morgan fingerprint density at radius 2 is 1.54 bits per heavy atom. The molecule has 24 heavy (non-hydrogen) atoms. The van der Waals surface area contributed by atoms with E-state index in [4.69, 9.17) is 0 Å². The van der Waals surface area contributed by atoms with Gasteiger partial charge in [-0.05, 0) is 25.0 Å². The SMILES string of the molecule is CC(=O)Nc1cc(NC(=O)CCc2ccc(C)cc2)c(F)cc1F. The number of carbonyl (C=O) groups is 2. The highest BCUT2D eigenvalue weighted by Crippen LogP contribution is 2.23. The number of hydrogen-bond donors (Lipinski definition) is 2. The summed E-state index contributed by atoms with van der Waals surface area (Å²) in [6.07, 6.45) is 0.669. The second-order valence-electron chi connectivity index (χ2n) is 5.53. The van der Waals surface area contributed by atoms with Gasteiger partial charge in [0, 0.05) is 19.4 Å². The number of hydrogen-bond acceptors (Lipinski definition) is 2. The summed E-state index contributed by atoms with van der Waals surface area (Å²) in [5.74, 6) is -2.68. The molecule has 2 amide bonds. The molecule has 0 fully saturated rings. The van der Waals surface area contributed by atoms with E-state index in [0.29, 0.717) is 12.5 Å². The molecule has 126 valence electrons. The number of rotatable bonds is 5. The molecule has 0 saturated carbocycles. The average molecular weight is 332 g/mol. The summed E-state index contributed by atoms with van der Waals surface area (Å²) in [4.78, 5) is 23.0. The van der Waals surface area contributed by atoms with Crippen LogP contribution in [0.3, 0.4) is 0 Å². The lowest BCUT2D eigenvalue weighted by Gasteiger charge is -2.10. The lowest BCUT2D eigenvalue weighted by molar-refractivity contribution is -0.116. The first-order chi connectivity index (χ1) is 11.3. The number of benzene rings is 2. The lowest BCUT2D eigenvalue weighted by Crippen LogP contribution is -2.15. The summed E-state index contributed by atoms with van der Waals surface area (Å²) in [5, 5.41) is 4.65. The highest BCUT2D eigenvalue weighted by Gasteiger charge is 2.13. The van der Waals surface area contributed by atoms with Gasteiger partial charge in [-0.1, -0.05) is 29.8 Å². The van der Waals surface area contributed by atoms with Crippen LogP contribution in [-0.2, 0) is 16.0 Å².